The molecule has 0 radical (unpaired) electrons. The van der Waals surface area contributed by atoms with Crippen LogP contribution in [0.25, 0.3) is 0 Å². The van der Waals surface area contributed by atoms with Gasteiger partial charge in [0.25, 0.3) is 5.91 Å². The first-order valence-corrected chi connectivity index (χ1v) is 7.89. The zero-order valence-electron chi connectivity index (χ0n) is 14.4. The van der Waals surface area contributed by atoms with Crippen LogP contribution in [0.1, 0.15) is 46.1 Å². The first-order chi connectivity index (χ1) is 11.2. The number of hydrogen-bond acceptors (Lipinski definition) is 4. The summed E-state index contributed by atoms with van der Waals surface area (Å²) in [6.45, 7) is 7.13. The summed E-state index contributed by atoms with van der Waals surface area (Å²) in [5.41, 5.74) is 0.351. The third-order valence-electron chi connectivity index (χ3n) is 4.55. The van der Waals surface area contributed by atoms with Crippen molar-refractivity contribution >= 4 is 23.4 Å². The molecule has 1 saturated heterocycles. The molecule has 0 N–H and O–H groups in total. The molecule has 6 nitrogen and oxygen atoms in total. The summed E-state index contributed by atoms with van der Waals surface area (Å²) in [5, 5.41) is 8.85. The fraction of sp³-hybridized carbons (Fsp3) is 0.444. The number of benzene rings is 1. The molecule has 1 heterocycles. The van der Waals surface area contributed by atoms with Gasteiger partial charge in [-0.25, -0.2) is 4.90 Å². The number of nitriles is 1. The standard InChI is InChI=1S/C18H21N3O3/c1-5-18(3,4)21(12(2)22)15-10-16(23)20(17(15)24)14-8-6-13(11-19)7-9-14/h6-9,15H,5,10H2,1-4H3. The van der Waals surface area contributed by atoms with Gasteiger partial charge in [-0.15, -0.1) is 0 Å². The van der Waals surface area contributed by atoms with Crippen LogP contribution in [0.5, 0.6) is 0 Å². The molecule has 1 aliphatic rings. The number of hydrogen-bond donors (Lipinski definition) is 0. The monoisotopic (exact) mass is 327 g/mol. The van der Waals surface area contributed by atoms with Crippen LogP contribution in [0.4, 0.5) is 5.69 Å². The molecular formula is C18H21N3O3. The topological polar surface area (TPSA) is 81.5 Å². The van der Waals surface area contributed by atoms with Gasteiger partial charge in [0.05, 0.1) is 23.7 Å². The van der Waals surface area contributed by atoms with E-state index < -0.39 is 17.5 Å². The molecule has 1 atom stereocenters. The summed E-state index contributed by atoms with van der Waals surface area (Å²) in [6, 6.07) is 7.46. The summed E-state index contributed by atoms with van der Waals surface area (Å²) < 4.78 is 0. The van der Waals surface area contributed by atoms with Crippen LogP contribution in [0, 0.1) is 11.3 Å². The molecule has 2 rings (SSSR count). The molecule has 6 heteroatoms. The molecule has 1 unspecified atom stereocenters. The van der Waals surface area contributed by atoms with E-state index in [1.165, 1.54) is 11.8 Å². The average molecular weight is 327 g/mol. The van der Waals surface area contributed by atoms with Crippen LogP contribution in [0.3, 0.4) is 0 Å². The molecular weight excluding hydrogens is 306 g/mol. The minimum atomic E-state index is -0.791. The van der Waals surface area contributed by atoms with Crippen LogP contribution >= 0.6 is 0 Å². The maximum Gasteiger partial charge on any atom is 0.257 e. The third-order valence-corrected chi connectivity index (χ3v) is 4.55. The fourth-order valence-corrected chi connectivity index (χ4v) is 3.01. The quantitative estimate of drug-likeness (QED) is 0.794. The van der Waals surface area contributed by atoms with Crippen molar-refractivity contribution in [3.05, 3.63) is 29.8 Å². The zero-order valence-corrected chi connectivity index (χ0v) is 14.4. The van der Waals surface area contributed by atoms with E-state index in [9.17, 15) is 14.4 Å². The van der Waals surface area contributed by atoms with Gasteiger partial charge in [0.1, 0.15) is 6.04 Å². The predicted octanol–water partition coefficient (Wildman–Crippen LogP) is 2.23. The summed E-state index contributed by atoms with van der Waals surface area (Å²) in [6.07, 6.45) is 0.642. The Morgan fingerprint density at radius 2 is 1.92 bits per heavy atom. The van der Waals surface area contributed by atoms with E-state index >= 15 is 0 Å². The SMILES string of the molecule is CCC(C)(C)N(C(C)=O)C1CC(=O)N(c2ccc(C#N)cc2)C1=O. The molecule has 0 aromatic heterocycles. The fourth-order valence-electron chi connectivity index (χ4n) is 3.01. The number of carbonyl (C=O) groups is 3. The van der Waals surface area contributed by atoms with Gasteiger partial charge in [-0.2, -0.15) is 5.26 Å². The smallest absolute Gasteiger partial charge is 0.257 e. The molecule has 0 bridgehead atoms. The Morgan fingerprint density at radius 1 is 1.33 bits per heavy atom. The lowest BCUT2D eigenvalue weighted by molar-refractivity contribution is -0.142. The zero-order chi connectivity index (χ0) is 18.1. The minimum Gasteiger partial charge on any atom is -0.325 e. The number of amides is 3. The van der Waals surface area contributed by atoms with Gasteiger partial charge in [0.15, 0.2) is 0 Å². The normalized spacial score (nSPS) is 17.8. The lowest BCUT2D eigenvalue weighted by Gasteiger charge is -2.40. The Hall–Kier alpha value is -2.68. The highest BCUT2D eigenvalue weighted by molar-refractivity contribution is 6.23. The molecule has 1 aromatic carbocycles. The molecule has 24 heavy (non-hydrogen) atoms. The Kier molecular flexibility index (Phi) is 4.74. The van der Waals surface area contributed by atoms with E-state index in [0.29, 0.717) is 17.7 Å². The third kappa shape index (κ3) is 3.02. The maximum absolute atomic E-state index is 12.8. The molecule has 126 valence electrons. The maximum atomic E-state index is 12.8. The van der Waals surface area contributed by atoms with Gasteiger partial charge in [-0.05, 0) is 44.5 Å². The highest BCUT2D eigenvalue weighted by atomic mass is 16.2. The molecule has 1 aliphatic heterocycles. The second-order valence-corrected chi connectivity index (χ2v) is 6.50. The van der Waals surface area contributed by atoms with E-state index in [1.54, 1.807) is 24.3 Å². The number of nitrogens with zero attached hydrogens (tertiary/aromatic N) is 3. The van der Waals surface area contributed by atoms with Crippen LogP contribution in [0.2, 0.25) is 0 Å². The van der Waals surface area contributed by atoms with Gasteiger partial charge in [0.2, 0.25) is 11.8 Å². The average Bonchev–Trinajstić information content (AvgIpc) is 2.81. The van der Waals surface area contributed by atoms with Crippen molar-refractivity contribution in [1.82, 2.24) is 4.90 Å². The highest BCUT2D eigenvalue weighted by Crippen LogP contribution is 2.31. The lowest BCUT2D eigenvalue weighted by atomic mass is 9.96. The Morgan fingerprint density at radius 3 is 2.38 bits per heavy atom. The largest absolute Gasteiger partial charge is 0.325 e. The predicted molar refractivity (Wildman–Crippen MR) is 88.9 cm³/mol. The molecule has 0 aliphatic carbocycles. The van der Waals surface area contributed by atoms with Crippen molar-refractivity contribution < 1.29 is 14.4 Å². The van der Waals surface area contributed by atoms with Gasteiger partial charge in [-0.1, -0.05) is 6.92 Å². The summed E-state index contributed by atoms with van der Waals surface area (Å²) in [4.78, 5) is 40.0. The number of anilines is 1. The van der Waals surface area contributed by atoms with E-state index in [2.05, 4.69) is 0 Å². The Balaban J connectivity index is 2.36. The van der Waals surface area contributed by atoms with Crippen LogP contribution in [-0.4, -0.2) is 34.2 Å². The van der Waals surface area contributed by atoms with Crippen molar-refractivity contribution in [1.29, 1.82) is 5.26 Å². The highest BCUT2D eigenvalue weighted by Gasteiger charge is 2.47. The first-order valence-electron chi connectivity index (χ1n) is 7.89. The second-order valence-electron chi connectivity index (χ2n) is 6.50. The summed E-state index contributed by atoms with van der Waals surface area (Å²) >= 11 is 0. The minimum absolute atomic E-state index is 0.0259. The van der Waals surface area contributed by atoms with Crippen molar-refractivity contribution in [3.63, 3.8) is 0 Å². The van der Waals surface area contributed by atoms with Crippen molar-refractivity contribution in [2.24, 2.45) is 0 Å². The number of imide groups is 1. The molecule has 0 saturated carbocycles. The summed E-state index contributed by atoms with van der Waals surface area (Å²) in [5.74, 6) is -0.969. The molecule has 0 spiro atoms. The molecule has 1 fully saturated rings. The van der Waals surface area contributed by atoms with E-state index in [1.807, 2.05) is 26.8 Å². The van der Waals surface area contributed by atoms with Crippen LogP contribution in [-0.2, 0) is 14.4 Å². The van der Waals surface area contributed by atoms with Crippen LogP contribution in [0.15, 0.2) is 24.3 Å². The van der Waals surface area contributed by atoms with E-state index in [-0.39, 0.29) is 18.2 Å². The Labute approximate surface area is 141 Å². The van der Waals surface area contributed by atoms with Gasteiger partial charge in [0, 0.05) is 12.5 Å². The number of rotatable bonds is 4. The molecule has 3 amide bonds. The second kappa shape index (κ2) is 6.44. The van der Waals surface area contributed by atoms with Gasteiger partial charge >= 0.3 is 0 Å². The molecule has 1 aromatic rings. The van der Waals surface area contributed by atoms with Crippen molar-refractivity contribution in [2.45, 2.75) is 52.1 Å². The van der Waals surface area contributed by atoms with Crippen LogP contribution < -0.4 is 4.90 Å². The Bertz CT molecular complexity index is 716. The van der Waals surface area contributed by atoms with Crippen molar-refractivity contribution in [2.75, 3.05) is 4.90 Å². The lowest BCUT2D eigenvalue weighted by Crippen LogP contribution is -2.54. The van der Waals surface area contributed by atoms with Gasteiger partial charge < -0.3 is 4.90 Å². The number of carbonyl (C=O) groups excluding carboxylic acids is 3. The summed E-state index contributed by atoms with van der Waals surface area (Å²) in [7, 11) is 0. The van der Waals surface area contributed by atoms with Crippen molar-refractivity contribution in [3.8, 4) is 6.07 Å². The van der Waals surface area contributed by atoms with Gasteiger partial charge in [-0.3, -0.25) is 14.4 Å². The first kappa shape index (κ1) is 17.7. The van der Waals surface area contributed by atoms with E-state index in [0.717, 1.165) is 4.90 Å². The van der Waals surface area contributed by atoms with E-state index in [4.69, 9.17) is 5.26 Å².